The van der Waals surface area contributed by atoms with Crippen LogP contribution >= 0.6 is 0 Å². The highest BCUT2D eigenvalue weighted by Crippen LogP contribution is 2.43. The van der Waals surface area contributed by atoms with Crippen LogP contribution < -0.4 is 19.6 Å². The zero-order valence-corrected chi connectivity index (χ0v) is 34.5. The largest absolute Gasteiger partial charge is 0.744 e. The quantitative estimate of drug-likeness (QED) is 0.0317. The molecule has 1 N–H and O–H groups in total. The number of nitrogens with one attached hydrogen (secondary N) is 1. The minimum Gasteiger partial charge on any atom is -0.744 e. The van der Waals surface area contributed by atoms with Crippen LogP contribution in [0.4, 0.5) is 18.6 Å². The second-order valence-corrected chi connectivity index (χ2v) is 17.4. The first kappa shape index (κ1) is 43.8. The lowest BCUT2D eigenvalue weighted by atomic mass is 9.90. The van der Waals surface area contributed by atoms with Gasteiger partial charge in [-0.25, -0.2) is 30.8 Å². The van der Waals surface area contributed by atoms with Gasteiger partial charge >= 0.3 is 6.98 Å². The topological polar surface area (TPSA) is 163 Å². The molecule has 310 valence electrons. The van der Waals surface area contributed by atoms with Crippen LogP contribution in [0.3, 0.4) is 0 Å². The van der Waals surface area contributed by atoms with Crippen LogP contribution in [0.15, 0.2) is 75.0 Å². The molecule has 0 spiro atoms. The van der Waals surface area contributed by atoms with Crippen LogP contribution in [0.2, 0.25) is 0 Å². The molecule has 2 aromatic carbocycles. The highest BCUT2D eigenvalue weighted by Gasteiger charge is 2.34. The van der Waals surface area contributed by atoms with Crippen LogP contribution in [0.25, 0.3) is 33.4 Å². The van der Waals surface area contributed by atoms with Gasteiger partial charge < -0.3 is 36.0 Å². The summed E-state index contributed by atoms with van der Waals surface area (Å²) in [6.45, 7) is 6.21. The zero-order chi connectivity index (χ0) is 41.8. The van der Waals surface area contributed by atoms with Crippen LogP contribution in [0, 0.1) is 0 Å². The number of aromatic nitrogens is 3. The fourth-order valence-electron chi connectivity index (χ4n) is 6.99. The van der Waals surface area contributed by atoms with Crippen molar-refractivity contribution in [3.05, 3.63) is 71.8 Å². The van der Waals surface area contributed by atoms with Crippen LogP contribution in [-0.2, 0) is 38.0 Å². The number of hydrogen-bond acceptors (Lipinski definition) is 10. The van der Waals surface area contributed by atoms with E-state index in [1.807, 2.05) is 64.1 Å². The fraction of sp³-hybridized carbons (Fsp3) is 0.432. The first-order valence-electron chi connectivity index (χ1n) is 18.7. The fourth-order valence-corrected chi connectivity index (χ4v) is 8.81. The number of ether oxygens (including phenoxy) is 1. The van der Waals surface area contributed by atoms with Gasteiger partial charge in [0.15, 0.2) is 0 Å². The Balaban J connectivity index is 1.39. The number of rotatable bonds is 19. The van der Waals surface area contributed by atoms with Gasteiger partial charge in [-0.3, -0.25) is 0 Å². The van der Waals surface area contributed by atoms with Gasteiger partial charge in [0.2, 0.25) is 15.4 Å². The summed E-state index contributed by atoms with van der Waals surface area (Å²) in [6, 6.07) is 14.6. The molecule has 0 bridgehead atoms. The van der Waals surface area contributed by atoms with E-state index in [9.17, 15) is 34.3 Å². The predicted octanol–water partition coefficient (Wildman–Crippen LogP) is 4.32. The third-order valence-corrected chi connectivity index (χ3v) is 12.0. The van der Waals surface area contributed by atoms with Gasteiger partial charge in [0.1, 0.15) is 46.8 Å². The predicted molar refractivity (Wildman–Crippen MR) is 212 cm³/mol. The molecule has 3 aromatic rings. The average molecular weight is 836 g/mol. The molecule has 2 aliphatic rings. The molecule has 20 heteroatoms. The Labute approximate surface area is 331 Å². The normalized spacial score (nSPS) is 12.8. The first-order valence-corrected chi connectivity index (χ1v) is 21.6. The van der Waals surface area contributed by atoms with Gasteiger partial charge in [-0.2, -0.15) is 0 Å². The van der Waals surface area contributed by atoms with Crippen molar-refractivity contribution in [2.75, 3.05) is 71.4 Å². The highest BCUT2D eigenvalue weighted by atomic mass is 32.2. The molecule has 1 aliphatic carbocycles. The maximum atomic E-state index is 13.4. The first-order chi connectivity index (χ1) is 26.8. The number of sulfonamides is 1. The summed E-state index contributed by atoms with van der Waals surface area (Å²) in [5, 5.41) is 9.30. The van der Waals surface area contributed by atoms with E-state index in [4.69, 9.17) is 9.15 Å². The van der Waals surface area contributed by atoms with Crippen molar-refractivity contribution in [1.82, 2.24) is 24.3 Å². The number of quaternary nitrogens is 1. The highest BCUT2D eigenvalue weighted by molar-refractivity contribution is 7.89. The Morgan fingerprint density at radius 3 is 2.30 bits per heavy atom. The molecule has 0 saturated carbocycles. The molecule has 1 aliphatic heterocycles. The second-order valence-electron chi connectivity index (χ2n) is 14.3. The molecular weight excluding hydrogens is 786 g/mol. The Hall–Kier alpha value is -4.34. The Morgan fingerprint density at radius 1 is 0.947 bits per heavy atom. The molecule has 57 heavy (non-hydrogen) atoms. The molecule has 0 unspecified atom stereocenters. The van der Waals surface area contributed by atoms with Crippen molar-refractivity contribution in [2.45, 2.75) is 50.6 Å². The van der Waals surface area contributed by atoms with Crippen LogP contribution in [-0.4, -0.2) is 114 Å². The second kappa shape index (κ2) is 17.7. The van der Waals surface area contributed by atoms with E-state index < -0.39 is 43.4 Å². The van der Waals surface area contributed by atoms with E-state index in [1.165, 1.54) is 37.1 Å². The Morgan fingerprint density at radius 2 is 1.65 bits per heavy atom. The molecule has 5 rings (SSSR count). The maximum Gasteiger partial charge on any atom is 0.531 e. The lowest BCUT2D eigenvalue weighted by Gasteiger charge is -2.33. The zero-order valence-electron chi connectivity index (χ0n) is 32.9. The average Bonchev–Trinajstić information content (AvgIpc) is 3.57. The van der Waals surface area contributed by atoms with Gasteiger partial charge in [-0.15, -0.1) is 5.10 Å². The summed E-state index contributed by atoms with van der Waals surface area (Å²) < 4.78 is 122. The van der Waals surface area contributed by atoms with E-state index in [1.54, 1.807) is 0 Å². The van der Waals surface area contributed by atoms with Crippen LogP contribution in [0.5, 0.6) is 0 Å². The monoisotopic (exact) mass is 835 g/mol. The van der Waals surface area contributed by atoms with E-state index >= 15 is 0 Å². The van der Waals surface area contributed by atoms with Gasteiger partial charge in [0.05, 0.1) is 62.4 Å². The van der Waals surface area contributed by atoms with Gasteiger partial charge in [0, 0.05) is 59.5 Å². The summed E-state index contributed by atoms with van der Waals surface area (Å²) in [7, 11) is -6.60. The number of hydrogen-bond donors (Lipinski definition) is 1. The van der Waals surface area contributed by atoms with Crippen molar-refractivity contribution in [2.24, 2.45) is 0 Å². The summed E-state index contributed by atoms with van der Waals surface area (Å²) in [5.74, 6) is 0.459. The van der Waals surface area contributed by atoms with E-state index in [2.05, 4.69) is 24.5 Å². The molecular formula is C37H49BF3N7O7S2. The number of fused-ring (bicyclic) bond motifs is 2. The molecule has 14 nitrogen and oxygen atoms in total. The minimum absolute atomic E-state index is 0.0317. The van der Waals surface area contributed by atoms with Crippen molar-refractivity contribution in [1.29, 1.82) is 0 Å². The lowest BCUT2D eigenvalue weighted by molar-refractivity contribution is -0.895. The molecule has 0 saturated heterocycles. The smallest absolute Gasteiger partial charge is 0.531 e. The van der Waals surface area contributed by atoms with E-state index in [-0.39, 0.29) is 42.9 Å². The van der Waals surface area contributed by atoms with Crippen molar-refractivity contribution < 1.29 is 48.0 Å². The van der Waals surface area contributed by atoms with E-state index in [0.717, 1.165) is 43.3 Å². The van der Waals surface area contributed by atoms with Crippen molar-refractivity contribution in [3.63, 3.8) is 0 Å². The van der Waals surface area contributed by atoms with Crippen LogP contribution in [0.1, 0.15) is 33.4 Å². The summed E-state index contributed by atoms with van der Waals surface area (Å²) in [5.41, 5.74) is 2.72. The Bertz CT molecular complexity index is 2460. The van der Waals surface area contributed by atoms with Crippen molar-refractivity contribution in [3.8, 4) is 22.5 Å². The summed E-state index contributed by atoms with van der Waals surface area (Å²) in [4.78, 5) is 1.01. The number of halogens is 3. The van der Waals surface area contributed by atoms with Gasteiger partial charge in [-0.05, 0) is 58.0 Å². The molecule has 0 fully saturated rings. The lowest BCUT2D eigenvalue weighted by Crippen LogP contribution is -2.48. The minimum atomic E-state index is -5.21. The third kappa shape index (κ3) is 10.8. The molecule has 2 heterocycles. The Kier molecular flexibility index (Phi) is 13.6. The number of benzene rings is 3. The number of nitrogens with zero attached hydrogens (tertiary/aromatic N) is 6. The summed E-state index contributed by atoms with van der Waals surface area (Å²) >= 11 is 0. The maximum absolute atomic E-state index is 13.4. The number of anilines is 1. The molecule has 0 radical (unpaired) electrons. The van der Waals surface area contributed by atoms with Crippen molar-refractivity contribution >= 4 is 43.8 Å². The molecule has 0 atom stereocenters. The SMILES string of the molecule is CCN(CC)c1ccc2c(-c3ccc(S(=O)(=O)NCCOCCn4cc(C[N+](C)(C)C[B-](F)(F)F)nn4)cc3S(=O)(=O)[O-])c3ccc(=[N+](CC)CC)cc-3oc2c1. The van der Waals surface area contributed by atoms with E-state index in [0.29, 0.717) is 33.6 Å². The molecule has 1 aromatic heterocycles. The molecule has 0 amide bonds. The van der Waals surface area contributed by atoms with Gasteiger partial charge in [0.25, 0.3) is 0 Å². The van der Waals surface area contributed by atoms with Gasteiger partial charge in [-0.1, -0.05) is 11.3 Å². The summed E-state index contributed by atoms with van der Waals surface area (Å²) in [6.07, 6.45) is 0.571. The third-order valence-electron chi connectivity index (χ3n) is 9.63. The standard InChI is InChI=1S/C37H49BF3N7O7S2/c1-7-45(8-2)28-11-14-31-34(21-28)55-35-22-29(46(9-3)10-4)12-15-32(35)37(31)33-16-13-30(23-36(33)57(51,52)53)56(49,50)42-17-19-54-20-18-47-24-27(43-44-47)25-48(5,6)26-38(39,40)41/h11-16,21-24,42H,7-10,17-20,25-26H2,1-6H3.